The summed E-state index contributed by atoms with van der Waals surface area (Å²) >= 11 is 14.1. The summed E-state index contributed by atoms with van der Waals surface area (Å²) in [4.78, 5) is 32.7. The van der Waals surface area contributed by atoms with Crippen LogP contribution in [0.1, 0.15) is 60.0 Å². The molecule has 1 aliphatic rings. The Bertz CT molecular complexity index is 1180. The maximum Gasteiger partial charge on any atom is 0.254 e. The summed E-state index contributed by atoms with van der Waals surface area (Å²) in [5, 5.41) is 2.85. The predicted octanol–water partition coefficient (Wildman–Crippen LogP) is 7.43. The zero-order valence-electron chi connectivity index (χ0n) is 19.5. The minimum absolute atomic E-state index is 0.0247. The van der Waals surface area contributed by atoms with Crippen LogP contribution in [0.4, 0.5) is 5.69 Å². The van der Waals surface area contributed by atoms with E-state index in [0.29, 0.717) is 34.4 Å². The van der Waals surface area contributed by atoms with Crippen LogP contribution in [0.25, 0.3) is 0 Å². The van der Waals surface area contributed by atoms with Gasteiger partial charge in [0.25, 0.3) is 5.91 Å². The number of rotatable bonds is 7. The number of anilines is 1. The fourth-order valence-corrected chi connectivity index (χ4v) is 5.81. The number of nitrogens with zero attached hydrogens (tertiary/aromatic N) is 2. The van der Waals surface area contributed by atoms with Gasteiger partial charge in [0.15, 0.2) is 0 Å². The summed E-state index contributed by atoms with van der Waals surface area (Å²) in [7, 11) is 0. The smallest absolute Gasteiger partial charge is 0.254 e. The molecule has 2 heterocycles. The Labute approximate surface area is 215 Å². The lowest BCUT2D eigenvalue weighted by Crippen LogP contribution is -2.49. The molecule has 7 heteroatoms. The Morgan fingerprint density at radius 3 is 2.50 bits per heavy atom. The molecule has 3 aromatic rings. The molecular weight excluding hydrogens is 487 g/mol. The molecule has 0 N–H and O–H groups in total. The zero-order chi connectivity index (χ0) is 24.4. The third-order valence-corrected chi connectivity index (χ3v) is 7.71. The van der Waals surface area contributed by atoms with Crippen molar-refractivity contribution in [1.29, 1.82) is 0 Å². The first-order chi connectivity index (χ1) is 16.3. The molecule has 0 bridgehead atoms. The summed E-state index contributed by atoms with van der Waals surface area (Å²) < 4.78 is 0. The fourth-order valence-electron chi connectivity index (χ4n) is 4.64. The molecule has 0 radical (unpaired) electrons. The minimum Gasteiger partial charge on any atom is -0.329 e. The van der Waals surface area contributed by atoms with E-state index in [1.807, 2.05) is 59.7 Å². The number of carbonyl (C=O) groups is 2. The molecule has 2 amide bonds. The molecule has 1 aliphatic heterocycles. The number of halogens is 2. The lowest BCUT2D eigenvalue weighted by atomic mass is 9.80. The molecule has 2 atom stereocenters. The van der Waals surface area contributed by atoms with Gasteiger partial charge in [-0.1, -0.05) is 68.2 Å². The van der Waals surface area contributed by atoms with Crippen molar-refractivity contribution in [3.63, 3.8) is 0 Å². The highest BCUT2D eigenvalue weighted by Gasteiger charge is 2.46. The summed E-state index contributed by atoms with van der Waals surface area (Å²) in [6.07, 6.45) is 0.776. The number of hydrogen-bond donors (Lipinski definition) is 0. The van der Waals surface area contributed by atoms with E-state index in [1.165, 1.54) is 0 Å². The molecule has 0 saturated heterocycles. The number of amides is 2. The van der Waals surface area contributed by atoms with E-state index in [9.17, 15) is 9.59 Å². The van der Waals surface area contributed by atoms with Crippen molar-refractivity contribution in [3.05, 3.63) is 86.0 Å². The number of hydrogen-bond acceptors (Lipinski definition) is 3. The topological polar surface area (TPSA) is 40.6 Å². The van der Waals surface area contributed by atoms with Crippen molar-refractivity contribution in [2.24, 2.45) is 5.92 Å². The molecule has 0 saturated carbocycles. The van der Waals surface area contributed by atoms with Gasteiger partial charge in [0.05, 0.1) is 22.0 Å². The van der Waals surface area contributed by atoms with E-state index in [4.69, 9.17) is 23.2 Å². The van der Waals surface area contributed by atoms with E-state index in [2.05, 4.69) is 13.8 Å². The van der Waals surface area contributed by atoms with Crippen LogP contribution in [-0.4, -0.2) is 29.8 Å². The third kappa shape index (κ3) is 4.74. The lowest BCUT2D eigenvalue weighted by molar-refractivity contribution is -0.121. The Morgan fingerprint density at radius 2 is 1.85 bits per heavy atom. The van der Waals surface area contributed by atoms with Gasteiger partial charge in [-0.05, 0) is 53.6 Å². The highest BCUT2D eigenvalue weighted by Crippen LogP contribution is 2.46. The first-order valence-corrected chi connectivity index (χ1v) is 13.2. The lowest BCUT2D eigenvalue weighted by Gasteiger charge is -2.43. The number of thiophene rings is 1. The van der Waals surface area contributed by atoms with E-state index in [1.54, 1.807) is 28.4 Å². The first kappa shape index (κ1) is 24.8. The van der Waals surface area contributed by atoms with Gasteiger partial charge in [-0.2, -0.15) is 0 Å². The summed E-state index contributed by atoms with van der Waals surface area (Å²) in [5.41, 5.74) is 2.08. The maximum atomic E-state index is 14.4. The molecule has 0 fully saturated rings. The van der Waals surface area contributed by atoms with Gasteiger partial charge in [-0.25, -0.2) is 0 Å². The van der Waals surface area contributed by atoms with Gasteiger partial charge < -0.3 is 9.80 Å². The molecule has 0 unspecified atom stereocenters. The standard InChI is InChI=1S/C27H28Cl2N2O2S/c1-4-13-30(18-11-12-21(28)22(29)15-18)27(33)24-19-8-5-6-9-20(19)26(32)31(16-17(2)3)25(24)23-10-7-14-34-23/h5-12,14-15,17,24-25H,4,13,16H2,1-3H3/t24-,25-/m1/s1. The van der Waals surface area contributed by atoms with Crippen molar-refractivity contribution < 1.29 is 9.59 Å². The Balaban J connectivity index is 1.89. The van der Waals surface area contributed by atoms with Crippen molar-refractivity contribution in [3.8, 4) is 0 Å². The number of benzene rings is 2. The molecule has 178 valence electrons. The molecule has 4 nitrogen and oxygen atoms in total. The van der Waals surface area contributed by atoms with Crippen LogP contribution in [0.5, 0.6) is 0 Å². The summed E-state index contributed by atoms with van der Waals surface area (Å²) in [5.74, 6) is -0.350. The second kappa shape index (κ2) is 10.5. The highest BCUT2D eigenvalue weighted by molar-refractivity contribution is 7.10. The van der Waals surface area contributed by atoms with Crippen LogP contribution in [0.15, 0.2) is 60.0 Å². The third-order valence-electron chi connectivity index (χ3n) is 6.03. The van der Waals surface area contributed by atoms with Crippen LogP contribution in [0, 0.1) is 5.92 Å². The average Bonchev–Trinajstić information content (AvgIpc) is 3.35. The van der Waals surface area contributed by atoms with Gasteiger partial charge in [-0.15, -0.1) is 11.3 Å². The van der Waals surface area contributed by atoms with Crippen LogP contribution >= 0.6 is 34.5 Å². The number of carbonyl (C=O) groups excluding carboxylic acids is 2. The summed E-state index contributed by atoms with van der Waals surface area (Å²) in [6, 6.07) is 16.4. The van der Waals surface area contributed by atoms with E-state index in [-0.39, 0.29) is 23.8 Å². The monoisotopic (exact) mass is 514 g/mol. The van der Waals surface area contributed by atoms with Crippen molar-refractivity contribution in [1.82, 2.24) is 4.90 Å². The summed E-state index contributed by atoms with van der Waals surface area (Å²) in [6.45, 7) is 7.33. The van der Waals surface area contributed by atoms with E-state index in [0.717, 1.165) is 16.9 Å². The predicted molar refractivity (Wildman–Crippen MR) is 141 cm³/mol. The molecule has 1 aromatic heterocycles. The van der Waals surface area contributed by atoms with Crippen molar-refractivity contribution in [2.45, 2.75) is 39.2 Å². The molecule has 2 aromatic carbocycles. The zero-order valence-corrected chi connectivity index (χ0v) is 21.8. The highest BCUT2D eigenvalue weighted by atomic mass is 35.5. The second-order valence-corrected chi connectivity index (χ2v) is 10.8. The fraction of sp³-hybridized carbons (Fsp3) is 0.333. The number of fused-ring (bicyclic) bond motifs is 1. The van der Waals surface area contributed by atoms with Gasteiger partial charge in [0, 0.05) is 29.2 Å². The molecular formula is C27H28Cl2N2O2S. The molecule has 0 spiro atoms. The second-order valence-electron chi connectivity index (χ2n) is 8.96. The normalized spacial score (nSPS) is 17.7. The maximum absolute atomic E-state index is 14.4. The van der Waals surface area contributed by atoms with Crippen LogP contribution in [-0.2, 0) is 4.79 Å². The Kier molecular flexibility index (Phi) is 7.66. The SMILES string of the molecule is CCCN(C(=O)[C@@H]1c2ccccc2C(=O)N(CC(C)C)[C@@H]1c1cccs1)c1ccc(Cl)c(Cl)c1. The van der Waals surface area contributed by atoms with E-state index < -0.39 is 5.92 Å². The largest absolute Gasteiger partial charge is 0.329 e. The minimum atomic E-state index is -0.535. The first-order valence-electron chi connectivity index (χ1n) is 11.5. The van der Waals surface area contributed by atoms with Gasteiger partial charge in [-0.3, -0.25) is 9.59 Å². The quantitative estimate of drug-likeness (QED) is 0.328. The Morgan fingerprint density at radius 1 is 1.09 bits per heavy atom. The molecule has 4 rings (SSSR count). The van der Waals surface area contributed by atoms with E-state index >= 15 is 0 Å². The van der Waals surface area contributed by atoms with Crippen LogP contribution in [0.2, 0.25) is 10.0 Å². The van der Waals surface area contributed by atoms with Crippen molar-refractivity contribution in [2.75, 3.05) is 18.0 Å². The Hall–Kier alpha value is -2.34. The van der Waals surface area contributed by atoms with Crippen LogP contribution < -0.4 is 4.90 Å². The molecule has 0 aliphatic carbocycles. The average molecular weight is 516 g/mol. The molecule has 34 heavy (non-hydrogen) atoms. The van der Waals surface area contributed by atoms with Crippen molar-refractivity contribution >= 4 is 52.0 Å². The van der Waals surface area contributed by atoms with Gasteiger partial charge in [0.1, 0.15) is 0 Å². The van der Waals surface area contributed by atoms with Gasteiger partial charge in [0.2, 0.25) is 5.91 Å². The van der Waals surface area contributed by atoms with Gasteiger partial charge >= 0.3 is 0 Å². The van der Waals surface area contributed by atoms with Crippen LogP contribution in [0.3, 0.4) is 0 Å².